The second kappa shape index (κ2) is 6.19. The lowest BCUT2D eigenvalue weighted by Gasteiger charge is -2.25. The molecule has 1 saturated carbocycles. The van der Waals surface area contributed by atoms with E-state index < -0.39 is 5.97 Å². The molecule has 0 saturated heterocycles. The van der Waals surface area contributed by atoms with E-state index in [2.05, 4.69) is 4.98 Å². The van der Waals surface area contributed by atoms with Crippen molar-refractivity contribution in [2.24, 2.45) is 0 Å². The molecule has 1 N–H and O–H groups in total. The molecule has 1 aliphatic rings. The highest BCUT2D eigenvalue weighted by Crippen LogP contribution is 2.31. The van der Waals surface area contributed by atoms with E-state index in [1.165, 1.54) is 17.8 Å². The van der Waals surface area contributed by atoms with E-state index in [-0.39, 0.29) is 17.4 Å². The van der Waals surface area contributed by atoms with Crippen LogP contribution in [0.4, 0.5) is 0 Å². The Morgan fingerprint density at radius 3 is 2.90 bits per heavy atom. The van der Waals surface area contributed by atoms with E-state index in [0.29, 0.717) is 15.4 Å². The van der Waals surface area contributed by atoms with Crippen molar-refractivity contribution >= 4 is 39.3 Å². The van der Waals surface area contributed by atoms with E-state index in [4.69, 9.17) is 5.11 Å². The number of carbonyl (C=O) groups is 1. The van der Waals surface area contributed by atoms with Crippen LogP contribution in [-0.2, 0) is 4.79 Å². The summed E-state index contributed by atoms with van der Waals surface area (Å²) in [6.07, 6.45) is 5.38. The second-order valence-electron chi connectivity index (χ2n) is 5.18. The number of aliphatic carboxylic acids is 1. The maximum Gasteiger partial charge on any atom is 0.313 e. The van der Waals surface area contributed by atoms with Gasteiger partial charge in [-0.1, -0.05) is 31.0 Å². The van der Waals surface area contributed by atoms with Crippen molar-refractivity contribution in [3.05, 3.63) is 21.8 Å². The summed E-state index contributed by atoms with van der Waals surface area (Å²) in [5.41, 5.74) is 0.653. The lowest BCUT2D eigenvalue weighted by atomic mass is 9.95. The van der Waals surface area contributed by atoms with Gasteiger partial charge in [0.15, 0.2) is 5.16 Å². The Labute approximate surface area is 130 Å². The van der Waals surface area contributed by atoms with Crippen LogP contribution >= 0.6 is 23.1 Å². The van der Waals surface area contributed by atoms with Gasteiger partial charge in [-0.2, -0.15) is 0 Å². The van der Waals surface area contributed by atoms with Gasteiger partial charge >= 0.3 is 5.97 Å². The fourth-order valence-electron chi connectivity index (χ4n) is 2.79. The van der Waals surface area contributed by atoms with Crippen molar-refractivity contribution in [3.8, 4) is 0 Å². The summed E-state index contributed by atoms with van der Waals surface area (Å²) >= 11 is 2.54. The van der Waals surface area contributed by atoms with Crippen LogP contribution in [0.3, 0.4) is 0 Å². The Morgan fingerprint density at radius 2 is 2.19 bits per heavy atom. The molecule has 21 heavy (non-hydrogen) atoms. The first-order valence-electron chi connectivity index (χ1n) is 7.01. The highest BCUT2D eigenvalue weighted by atomic mass is 32.2. The lowest BCUT2D eigenvalue weighted by Crippen LogP contribution is -2.28. The van der Waals surface area contributed by atoms with Gasteiger partial charge in [0.05, 0.1) is 11.3 Å². The van der Waals surface area contributed by atoms with Gasteiger partial charge in [-0.05, 0) is 24.3 Å². The molecule has 2 aromatic rings. The summed E-state index contributed by atoms with van der Waals surface area (Å²) in [6.45, 7) is 0. The summed E-state index contributed by atoms with van der Waals surface area (Å²) in [5.74, 6) is -0.968. The van der Waals surface area contributed by atoms with Crippen molar-refractivity contribution in [3.63, 3.8) is 0 Å². The average Bonchev–Trinajstić information content (AvgIpc) is 2.95. The van der Waals surface area contributed by atoms with Crippen molar-refractivity contribution < 1.29 is 9.90 Å². The van der Waals surface area contributed by atoms with Gasteiger partial charge in [-0.3, -0.25) is 14.2 Å². The van der Waals surface area contributed by atoms with Gasteiger partial charge in [0, 0.05) is 6.04 Å². The number of hydrogen-bond acceptors (Lipinski definition) is 5. The Balaban J connectivity index is 2.08. The summed E-state index contributed by atoms with van der Waals surface area (Å²) in [6, 6.07) is 1.97. The highest BCUT2D eigenvalue weighted by molar-refractivity contribution is 7.99. The minimum absolute atomic E-state index is 0.0187. The van der Waals surface area contributed by atoms with Crippen molar-refractivity contribution in [2.75, 3.05) is 5.75 Å². The molecule has 5 nitrogen and oxygen atoms in total. The molecule has 112 valence electrons. The predicted octanol–water partition coefficient (Wildman–Crippen LogP) is 3.14. The smallest absolute Gasteiger partial charge is 0.313 e. The Kier molecular flexibility index (Phi) is 4.30. The van der Waals surface area contributed by atoms with Crippen LogP contribution in [0.25, 0.3) is 10.2 Å². The van der Waals surface area contributed by atoms with Gasteiger partial charge in [-0.15, -0.1) is 11.3 Å². The number of thiophene rings is 1. The average molecular weight is 324 g/mol. The van der Waals surface area contributed by atoms with Gasteiger partial charge in [-0.25, -0.2) is 4.98 Å². The first-order chi connectivity index (χ1) is 10.2. The van der Waals surface area contributed by atoms with Crippen molar-refractivity contribution in [1.82, 2.24) is 9.55 Å². The SMILES string of the molecule is O=C(O)CSc1nc2ccsc2c(=O)n1C1CCCCC1. The molecule has 1 aliphatic carbocycles. The van der Waals surface area contributed by atoms with Crippen LogP contribution in [0, 0.1) is 0 Å². The maximum atomic E-state index is 12.7. The first-order valence-corrected chi connectivity index (χ1v) is 8.87. The normalized spacial score (nSPS) is 16.4. The zero-order valence-corrected chi connectivity index (χ0v) is 13.1. The minimum atomic E-state index is -0.894. The van der Waals surface area contributed by atoms with Crippen LogP contribution < -0.4 is 5.56 Å². The molecule has 0 unspecified atom stereocenters. The van der Waals surface area contributed by atoms with Crippen LogP contribution in [0.5, 0.6) is 0 Å². The lowest BCUT2D eigenvalue weighted by molar-refractivity contribution is -0.133. The molecule has 0 bridgehead atoms. The Hall–Kier alpha value is -1.34. The standard InChI is InChI=1S/C14H16N2O3S2/c17-11(18)8-21-14-15-10-6-7-20-12(10)13(19)16(14)9-4-2-1-3-5-9/h6-7,9H,1-5,8H2,(H,17,18). The molecule has 1 fully saturated rings. The van der Waals surface area contributed by atoms with E-state index in [1.54, 1.807) is 4.57 Å². The van der Waals surface area contributed by atoms with Crippen LogP contribution in [0.2, 0.25) is 0 Å². The Bertz CT molecular complexity index is 717. The number of nitrogens with zero attached hydrogens (tertiary/aromatic N) is 2. The highest BCUT2D eigenvalue weighted by Gasteiger charge is 2.22. The zero-order chi connectivity index (χ0) is 14.8. The molecule has 3 rings (SSSR count). The van der Waals surface area contributed by atoms with Crippen LogP contribution in [-0.4, -0.2) is 26.4 Å². The van der Waals surface area contributed by atoms with Crippen molar-refractivity contribution in [2.45, 2.75) is 43.3 Å². The topological polar surface area (TPSA) is 72.2 Å². The van der Waals surface area contributed by atoms with Crippen molar-refractivity contribution in [1.29, 1.82) is 0 Å². The molecule has 0 radical (unpaired) electrons. The third kappa shape index (κ3) is 2.98. The number of hydrogen-bond donors (Lipinski definition) is 1. The fourth-order valence-corrected chi connectivity index (χ4v) is 4.35. The fraction of sp³-hybridized carbons (Fsp3) is 0.500. The summed E-state index contributed by atoms with van der Waals surface area (Å²) in [5, 5.41) is 11.3. The monoisotopic (exact) mass is 324 g/mol. The summed E-state index contributed by atoms with van der Waals surface area (Å²) < 4.78 is 2.41. The second-order valence-corrected chi connectivity index (χ2v) is 7.04. The van der Waals surface area contributed by atoms with Crippen LogP contribution in [0.15, 0.2) is 21.4 Å². The van der Waals surface area contributed by atoms with Gasteiger partial charge in [0.2, 0.25) is 0 Å². The number of aromatic nitrogens is 2. The zero-order valence-electron chi connectivity index (χ0n) is 11.4. The molecule has 0 aromatic carbocycles. The number of carboxylic acids is 1. The molecule has 0 atom stereocenters. The third-order valence-electron chi connectivity index (χ3n) is 3.74. The number of fused-ring (bicyclic) bond motifs is 1. The molecular formula is C14H16N2O3S2. The summed E-state index contributed by atoms with van der Waals surface area (Å²) in [7, 11) is 0. The summed E-state index contributed by atoms with van der Waals surface area (Å²) in [4.78, 5) is 28.1. The largest absolute Gasteiger partial charge is 0.481 e. The molecule has 0 spiro atoms. The first kappa shape index (κ1) is 14.6. The molecular weight excluding hydrogens is 308 g/mol. The third-order valence-corrected chi connectivity index (χ3v) is 5.57. The molecule has 0 amide bonds. The Morgan fingerprint density at radius 1 is 1.43 bits per heavy atom. The molecule has 2 aromatic heterocycles. The molecule has 2 heterocycles. The maximum absolute atomic E-state index is 12.7. The van der Waals surface area contributed by atoms with E-state index >= 15 is 0 Å². The van der Waals surface area contributed by atoms with E-state index in [1.807, 2.05) is 11.4 Å². The van der Waals surface area contributed by atoms with E-state index in [0.717, 1.165) is 37.4 Å². The number of rotatable bonds is 4. The van der Waals surface area contributed by atoms with Gasteiger partial charge in [0.1, 0.15) is 4.70 Å². The predicted molar refractivity (Wildman–Crippen MR) is 84.4 cm³/mol. The molecule has 7 heteroatoms. The number of carboxylic acid groups (broad SMARTS) is 1. The molecule has 0 aliphatic heterocycles. The van der Waals surface area contributed by atoms with Crippen LogP contribution in [0.1, 0.15) is 38.1 Å². The van der Waals surface area contributed by atoms with Gasteiger partial charge in [0.25, 0.3) is 5.56 Å². The quantitative estimate of drug-likeness (QED) is 0.691. The van der Waals surface area contributed by atoms with Gasteiger partial charge < -0.3 is 5.11 Å². The number of thioether (sulfide) groups is 1. The minimum Gasteiger partial charge on any atom is -0.481 e. The van der Waals surface area contributed by atoms with E-state index in [9.17, 15) is 9.59 Å².